The number of fused-ring (bicyclic) bond motifs is 1. The Labute approximate surface area is 139 Å². The fourth-order valence-corrected chi connectivity index (χ4v) is 3.46. The number of benzene rings is 1. The molecule has 0 aliphatic carbocycles. The molecule has 0 aromatic heterocycles. The molecule has 5 nitrogen and oxygen atoms in total. The average Bonchev–Trinajstić information content (AvgIpc) is 2.56. The van der Waals surface area contributed by atoms with E-state index in [0.29, 0.717) is 30.5 Å². The first kappa shape index (κ1) is 16.5. The Bertz CT molecular complexity index is 777. The molecule has 2 fully saturated rings. The van der Waals surface area contributed by atoms with Gasteiger partial charge in [0.05, 0.1) is 0 Å². The zero-order valence-corrected chi connectivity index (χ0v) is 13.1. The second-order valence-corrected chi connectivity index (χ2v) is 5.98. The van der Waals surface area contributed by atoms with Crippen molar-refractivity contribution in [1.82, 2.24) is 10.2 Å². The quantitative estimate of drug-likeness (QED) is 0.758. The van der Waals surface area contributed by atoms with Gasteiger partial charge in [0.15, 0.2) is 0 Å². The van der Waals surface area contributed by atoms with Crippen LogP contribution in [0.3, 0.4) is 0 Å². The van der Waals surface area contributed by atoms with Crippen molar-refractivity contribution in [3.05, 3.63) is 41.6 Å². The summed E-state index contributed by atoms with van der Waals surface area (Å²) in [7, 11) is 1.76. The molecule has 0 radical (unpaired) electrons. The molecule has 0 saturated carbocycles. The second-order valence-electron chi connectivity index (χ2n) is 5.98. The van der Waals surface area contributed by atoms with Crippen LogP contribution in [0.15, 0.2) is 24.4 Å². The molecule has 2 aliphatic heterocycles. The van der Waals surface area contributed by atoms with Crippen LogP contribution in [0.2, 0.25) is 0 Å². The second kappa shape index (κ2) is 5.91. The first-order valence-electron chi connectivity index (χ1n) is 7.47. The van der Waals surface area contributed by atoms with Gasteiger partial charge >= 0.3 is 138 Å². The van der Waals surface area contributed by atoms with Gasteiger partial charge in [-0.05, 0) is 0 Å². The molecule has 124 valence electrons. The third-order valence-corrected chi connectivity index (χ3v) is 4.74. The Morgan fingerprint density at radius 3 is 2.96 bits per heavy atom. The molecule has 8 heteroatoms. The molecule has 2 unspecified atom stereocenters. The Hall–Kier alpha value is -2.40. The van der Waals surface area contributed by atoms with Gasteiger partial charge in [-0.25, -0.2) is 0 Å². The van der Waals surface area contributed by atoms with E-state index in [1.165, 1.54) is 6.92 Å². The van der Waals surface area contributed by atoms with Gasteiger partial charge in [0, 0.05) is 0 Å². The van der Waals surface area contributed by atoms with Gasteiger partial charge in [-0.3, -0.25) is 0 Å². The van der Waals surface area contributed by atoms with E-state index < -0.39 is 22.9 Å². The zero-order valence-electron chi connectivity index (χ0n) is 13.1. The summed E-state index contributed by atoms with van der Waals surface area (Å²) in [5, 5.41) is 21.9. The molecule has 2 N–H and O–H groups in total. The van der Waals surface area contributed by atoms with Crippen molar-refractivity contribution in [1.29, 1.82) is 5.26 Å². The minimum atomic E-state index is -1.07. The first-order chi connectivity index (χ1) is 11.4. The molecular weight excluding hydrogens is 315 g/mol. The van der Waals surface area contributed by atoms with Gasteiger partial charge in [-0.15, -0.1) is 0 Å². The molecule has 2 atom stereocenters. The van der Waals surface area contributed by atoms with Crippen LogP contribution in [0, 0.1) is 28.8 Å². The normalized spacial score (nSPS) is 27.9. The Kier molecular flexibility index (Phi) is 4.05. The van der Waals surface area contributed by atoms with Crippen molar-refractivity contribution in [3.63, 3.8) is 0 Å². The average molecular weight is 331 g/mol. The summed E-state index contributed by atoms with van der Waals surface area (Å²) in [4.78, 5) is 1.73. The van der Waals surface area contributed by atoms with Crippen molar-refractivity contribution in [2.24, 2.45) is 5.92 Å². The van der Waals surface area contributed by atoms with Crippen LogP contribution >= 0.6 is 0 Å². The predicted molar refractivity (Wildman–Crippen MR) is 85.0 cm³/mol. The monoisotopic (exact) mass is 331 g/mol. The predicted octanol–water partition coefficient (Wildman–Crippen LogP) is 1.22. The molecule has 0 bridgehead atoms. The number of phenolic OH excluding ortho intramolecular Hbond substituents is 1. The fraction of sp³-hybridized carbons (Fsp3) is 0.375. The molecule has 1 aromatic rings. The van der Waals surface area contributed by atoms with E-state index in [0.717, 1.165) is 6.07 Å². The molecule has 0 amide bonds. The van der Waals surface area contributed by atoms with Gasteiger partial charge in [0.2, 0.25) is 0 Å². The van der Waals surface area contributed by atoms with E-state index in [1.54, 1.807) is 11.9 Å². The number of ether oxygens (including phenoxy) is 1. The van der Waals surface area contributed by atoms with Gasteiger partial charge in [0.25, 0.3) is 0 Å². The van der Waals surface area contributed by atoms with Crippen molar-refractivity contribution in [3.8, 4) is 11.7 Å². The minimum absolute atomic E-state index is 0.0872. The third kappa shape index (κ3) is 2.36. The number of aromatic hydroxyl groups is 1. The topological polar surface area (TPSA) is 68.5 Å². The molecule has 1 aromatic carbocycles. The maximum absolute atomic E-state index is 14.5. The van der Waals surface area contributed by atoms with E-state index >= 15 is 0 Å². The van der Waals surface area contributed by atoms with Gasteiger partial charge in [-0.1, -0.05) is 0 Å². The number of nitrogens with zero attached hydrogens (tertiary/aromatic N) is 2. The molecule has 2 saturated heterocycles. The number of nitriles is 1. The number of halogens is 2. The van der Waals surface area contributed by atoms with Crippen molar-refractivity contribution < 1.29 is 18.6 Å². The van der Waals surface area contributed by atoms with Crippen molar-refractivity contribution in [2.75, 3.05) is 20.3 Å². The SMILES string of the molecule is C=C1C2CCOCC2(c2cc(O)c(F)cc2F)NC(=BC#N)N1C. The number of phenols is 1. The standard InChI is InChI=1S/C16H16BF2N3O2/c1-9-10-3-4-24-7-16(10,21-15(17-8-20)22(9)2)11-5-14(23)13(19)6-12(11)18/h5-6,10,21,23H,1,3-4,7H2,2H3. The first-order valence-corrected chi connectivity index (χ1v) is 7.47. The molecule has 0 spiro atoms. The summed E-state index contributed by atoms with van der Waals surface area (Å²) in [6, 6.07) is 1.73. The Morgan fingerprint density at radius 2 is 2.25 bits per heavy atom. The molecular formula is C16H16BF2N3O2. The molecule has 2 heterocycles. The summed E-state index contributed by atoms with van der Waals surface area (Å²) in [6.45, 7) is 5.95. The van der Waals surface area contributed by atoms with Crippen LogP contribution in [0.1, 0.15) is 12.0 Å². The summed E-state index contributed by atoms with van der Waals surface area (Å²) in [5.74, 6) is -0.748. The fourth-order valence-electron chi connectivity index (χ4n) is 3.46. The van der Waals surface area contributed by atoms with E-state index in [9.17, 15) is 13.9 Å². The van der Waals surface area contributed by atoms with Crippen LogP contribution in [0.4, 0.5) is 8.78 Å². The number of hydrogen-bond acceptors (Lipinski definition) is 5. The molecule has 3 rings (SSSR count). The van der Waals surface area contributed by atoms with Gasteiger partial charge in [0.1, 0.15) is 0 Å². The third-order valence-electron chi connectivity index (χ3n) is 4.74. The van der Waals surface area contributed by atoms with Crippen LogP contribution in [-0.4, -0.2) is 42.9 Å². The van der Waals surface area contributed by atoms with E-state index in [-0.39, 0.29) is 18.1 Å². The van der Waals surface area contributed by atoms with Gasteiger partial charge in [-0.2, -0.15) is 0 Å². The van der Waals surface area contributed by atoms with Crippen LogP contribution in [0.25, 0.3) is 0 Å². The molecule has 2 aliphatic rings. The summed E-state index contributed by atoms with van der Waals surface area (Å²) >= 11 is 0. The number of hydrogen-bond donors (Lipinski definition) is 2. The van der Waals surface area contributed by atoms with Crippen LogP contribution in [-0.2, 0) is 10.3 Å². The van der Waals surface area contributed by atoms with E-state index in [4.69, 9.17) is 10.00 Å². The Morgan fingerprint density at radius 1 is 1.50 bits per heavy atom. The zero-order chi connectivity index (χ0) is 17.5. The number of nitrogens with one attached hydrogen (secondary N) is 1. The number of rotatable bonds is 1. The van der Waals surface area contributed by atoms with E-state index in [1.807, 2.05) is 5.97 Å². The maximum atomic E-state index is 14.5. The van der Waals surface area contributed by atoms with Gasteiger partial charge < -0.3 is 0 Å². The Balaban J connectivity index is 2.20. The van der Waals surface area contributed by atoms with E-state index in [2.05, 4.69) is 11.9 Å². The van der Waals surface area contributed by atoms with Crippen LogP contribution in [0.5, 0.6) is 5.75 Å². The van der Waals surface area contributed by atoms with Crippen LogP contribution < -0.4 is 5.32 Å². The summed E-state index contributed by atoms with van der Waals surface area (Å²) < 4.78 is 33.6. The molecule has 24 heavy (non-hydrogen) atoms. The summed E-state index contributed by atoms with van der Waals surface area (Å²) in [5.41, 5.74) is 0.151. The summed E-state index contributed by atoms with van der Waals surface area (Å²) in [6.07, 6.45) is 0.577. The van der Waals surface area contributed by atoms with Crippen molar-refractivity contribution in [2.45, 2.75) is 12.0 Å². The van der Waals surface area contributed by atoms with Crippen molar-refractivity contribution >= 4 is 12.6 Å².